The third kappa shape index (κ3) is 6.60. The van der Waals surface area contributed by atoms with Gasteiger partial charge in [0.1, 0.15) is 26.0 Å². The topological polar surface area (TPSA) is 106 Å². The molecular weight excluding hydrogens is 458 g/mol. The lowest BCUT2D eigenvalue weighted by molar-refractivity contribution is 0.0520. The smallest absolute Gasteiger partial charge is 0.407 e. The standard InChI is InChI=1S/C27H41N3O4Si/c1-17(2)35(18(3)4,19(5)6)15-11-20-21-10-12-29-24(21)23(16-22(20)25(28)31)33-14-13-30-26(32)34-27(7,8)9/h10,12,16-19,29H,13-14H2,1-9H3,(H2,28,31)(H,30,32). The summed E-state index contributed by atoms with van der Waals surface area (Å²) in [4.78, 5) is 27.5. The average Bonchev–Trinajstić information content (AvgIpc) is 3.20. The molecule has 7 nitrogen and oxygen atoms in total. The number of H-pyrrole nitrogens is 1. The van der Waals surface area contributed by atoms with E-state index in [0.717, 1.165) is 10.9 Å². The average molecular weight is 500 g/mol. The molecule has 192 valence electrons. The minimum Gasteiger partial charge on any atom is -0.490 e. The van der Waals surface area contributed by atoms with Crippen LogP contribution in [0.3, 0.4) is 0 Å². The second kappa shape index (κ2) is 11.2. The lowest BCUT2D eigenvalue weighted by Crippen LogP contribution is -2.43. The SMILES string of the molecule is CC(C)[Si](C#Cc1c(C(N)=O)cc(OCCNC(=O)OC(C)(C)C)c2[nH]ccc12)(C(C)C)C(C)C. The Morgan fingerprint density at radius 3 is 2.23 bits per heavy atom. The van der Waals surface area contributed by atoms with Crippen LogP contribution in [0, 0.1) is 11.5 Å². The van der Waals surface area contributed by atoms with Crippen LogP contribution in [0.4, 0.5) is 4.79 Å². The molecule has 1 aromatic carbocycles. The second-order valence-electron chi connectivity index (χ2n) is 10.9. The van der Waals surface area contributed by atoms with Gasteiger partial charge in [0, 0.05) is 17.1 Å². The Morgan fingerprint density at radius 1 is 1.11 bits per heavy atom. The quantitative estimate of drug-likeness (QED) is 0.245. The Labute approximate surface area is 210 Å². The number of hydrogen-bond donors (Lipinski definition) is 3. The fraction of sp³-hybridized carbons (Fsp3) is 0.556. The molecule has 0 saturated carbocycles. The largest absolute Gasteiger partial charge is 0.490 e. The molecule has 2 rings (SSSR count). The van der Waals surface area contributed by atoms with Gasteiger partial charge in [-0.1, -0.05) is 47.5 Å². The Balaban J connectivity index is 2.41. The van der Waals surface area contributed by atoms with Crippen LogP contribution in [0.1, 0.15) is 78.2 Å². The summed E-state index contributed by atoms with van der Waals surface area (Å²) in [7, 11) is -2.01. The van der Waals surface area contributed by atoms with Crippen molar-refractivity contribution in [1.29, 1.82) is 0 Å². The monoisotopic (exact) mass is 499 g/mol. The Kier molecular flexibility index (Phi) is 9.07. The highest BCUT2D eigenvalue weighted by molar-refractivity contribution is 6.90. The molecule has 0 bridgehead atoms. The van der Waals surface area contributed by atoms with Crippen molar-refractivity contribution in [1.82, 2.24) is 10.3 Å². The minimum atomic E-state index is -2.01. The summed E-state index contributed by atoms with van der Waals surface area (Å²) in [6, 6.07) is 3.53. The van der Waals surface area contributed by atoms with E-state index < -0.39 is 25.7 Å². The molecule has 8 heteroatoms. The highest BCUT2D eigenvalue weighted by atomic mass is 28.3. The van der Waals surface area contributed by atoms with Crippen LogP contribution in [0.25, 0.3) is 10.9 Å². The molecule has 35 heavy (non-hydrogen) atoms. The molecule has 0 fully saturated rings. The molecular formula is C27H41N3O4Si. The first-order valence-electron chi connectivity index (χ1n) is 12.3. The van der Waals surface area contributed by atoms with Crippen molar-refractivity contribution >= 4 is 31.0 Å². The first kappa shape index (κ1) is 28.3. The van der Waals surface area contributed by atoms with E-state index in [2.05, 4.69) is 63.3 Å². The van der Waals surface area contributed by atoms with E-state index in [4.69, 9.17) is 15.2 Å². The molecule has 0 aliphatic heterocycles. The van der Waals surface area contributed by atoms with Crippen LogP contribution < -0.4 is 15.8 Å². The zero-order valence-electron chi connectivity index (χ0n) is 22.6. The highest BCUT2D eigenvalue weighted by Crippen LogP contribution is 2.41. The van der Waals surface area contributed by atoms with Crippen molar-refractivity contribution in [2.24, 2.45) is 5.73 Å². The van der Waals surface area contributed by atoms with Gasteiger partial charge >= 0.3 is 6.09 Å². The van der Waals surface area contributed by atoms with E-state index in [0.29, 0.717) is 33.5 Å². The molecule has 0 saturated heterocycles. The van der Waals surface area contributed by atoms with E-state index in [9.17, 15) is 9.59 Å². The summed E-state index contributed by atoms with van der Waals surface area (Å²) in [5, 5.41) is 3.46. The molecule has 0 spiro atoms. The zero-order chi connectivity index (χ0) is 26.6. The van der Waals surface area contributed by atoms with Gasteiger partial charge in [-0.05, 0) is 49.5 Å². The van der Waals surface area contributed by atoms with Gasteiger partial charge in [-0.25, -0.2) is 4.79 Å². The number of aromatic nitrogens is 1. The van der Waals surface area contributed by atoms with Crippen LogP contribution in [0.2, 0.25) is 16.6 Å². The van der Waals surface area contributed by atoms with Gasteiger partial charge in [0.05, 0.1) is 17.6 Å². The number of fused-ring (bicyclic) bond motifs is 1. The summed E-state index contributed by atoms with van der Waals surface area (Å²) in [6.45, 7) is 19.4. The van der Waals surface area contributed by atoms with E-state index in [1.165, 1.54) is 0 Å². The number of carbonyl (C=O) groups excluding carboxylic acids is 2. The second-order valence-corrected chi connectivity index (χ2v) is 16.4. The van der Waals surface area contributed by atoms with Crippen molar-refractivity contribution < 1.29 is 19.1 Å². The number of nitrogens with two attached hydrogens (primary N) is 1. The number of carbonyl (C=O) groups is 2. The molecule has 0 atom stereocenters. The zero-order valence-corrected chi connectivity index (χ0v) is 23.6. The number of benzene rings is 1. The Bertz CT molecular complexity index is 1100. The lowest BCUT2D eigenvalue weighted by atomic mass is 10.0. The van der Waals surface area contributed by atoms with Gasteiger partial charge in [-0.3, -0.25) is 4.79 Å². The molecule has 0 aliphatic carbocycles. The summed E-state index contributed by atoms with van der Waals surface area (Å²) < 4.78 is 11.1. The molecule has 2 amide bonds. The summed E-state index contributed by atoms with van der Waals surface area (Å²) in [5.74, 6) is 3.33. The van der Waals surface area contributed by atoms with Gasteiger partial charge in [0.2, 0.25) is 5.91 Å². The van der Waals surface area contributed by atoms with E-state index >= 15 is 0 Å². The van der Waals surface area contributed by atoms with Crippen molar-refractivity contribution in [3.8, 4) is 17.2 Å². The molecule has 1 aromatic heterocycles. The molecule has 0 aliphatic rings. The van der Waals surface area contributed by atoms with E-state index in [1.54, 1.807) is 33.0 Å². The summed E-state index contributed by atoms with van der Waals surface area (Å²) in [6.07, 6.45) is 1.28. The maximum Gasteiger partial charge on any atom is 0.407 e. The third-order valence-corrected chi connectivity index (χ3v) is 12.7. The minimum absolute atomic E-state index is 0.195. The van der Waals surface area contributed by atoms with Crippen molar-refractivity contribution in [3.05, 3.63) is 29.5 Å². The number of hydrogen-bond acceptors (Lipinski definition) is 4. The van der Waals surface area contributed by atoms with Crippen LogP contribution >= 0.6 is 0 Å². The molecule has 0 radical (unpaired) electrons. The molecule has 4 N–H and O–H groups in total. The van der Waals surface area contributed by atoms with Crippen LogP contribution in [-0.4, -0.2) is 43.8 Å². The highest BCUT2D eigenvalue weighted by Gasteiger charge is 2.41. The van der Waals surface area contributed by atoms with Gasteiger partial charge in [-0.15, -0.1) is 5.54 Å². The van der Waals surface area contributed by atoms with E-state index in [1.807, 2.05) is 6.07 Å². The van der Waals surface area contributed by atoms with Crippen LogP contribution in [-0.2, 0) is 4.74 Å². The predicted molar refractivity (Wildman–Crippen MR) is 144 cm³/mol. The van der Waals surface area contributed by atoms with Gasteiger partial charge < -0.3 is 25.5 Å². The number of aromatic amines is 1. The molecule has 2 aromatic rings. The maximum absolute atomic E-state index is 12.4. The Morgan fingerprint density at radius 2 is 1.71 bits per heavy atom. The third-order valence-electron chi connectivity index (χ3n) is 6.37. The van der Waals surface area contributed by atoms with E-state index in [-0.39, 0.29) is 13.2 Å². The first-order valence-corrected chi connectivity index (χ1v) is 14.5. The number of rotatable bonds is 8. The van der Waals surface area contributed by atoms with Crippen molar-refractivity contribution in [3.63, 3.8) is 0 Å². The van der Waals surface area contributed by atoms with Gasteiger partial charge in [-0.2, -0.15) is 0 Å². The fourth-order valence-electron chi connectivity index (χ4n) is 4.88. The summed E-state index contributed by atoms with van der Waals surface area (Å²) >= 11 is 0. The summed E-state index contributed by atoms with van der Waals surface area (Å²) in [5.41, 5.74) is 12.0. The van der Waals surface area contributed by atoms with Gasteiger partial charge in [0.25, 0.3) is 0 Å². The van der Waals surface area contributed by atoms with Crippen LogP contribution in [0.15, 0.2) is 18.3 Å². The predicted octanol–water partition coefficient (Wildman–Crippen LogP) is 5.74. The fourth-order valence-corrected chi connectivity index (χ4v) is 10.1. The normalized spacial score (nSPS) is 12.1. The number of ether oxygens (including phenoxy) is 2. The number of nitrogens with one attached hydrogen (secondary N) is 2. The number of primary amides is 1. The molecule has 1 heterocycles. The van der Waals surface area contributed by atoms with Crippen molar-refractivity contribution in [2.75, 3.05) is 13.2 Å². The first-order chi connectivity index (χ1) is 16.2. The number of amides is 2. The van der Waals surface area contributed by atoms with Crippen molar-refractivity contribution in [2.45, 2.75) is 84.5 Å². The number of alkyl carbamates (subject to hydrolysis) is 1. The lowest BCUT2D eigenvalue weighted by Gasteiger charge is -2.38. The van der Waals surface area contributed by atoms with Crippen LogP contribution in [0.5, 0.6) is 5.75 Å². The maximum atomic E-state index is 12.4. The molecule has 0 unspecified atom stereocenters. The van der Waals surface area contributed by atoms with Gasteiger partial charge in [0.15, 0.2) is 0 Å². The Hall–Kier alpha value is -2.92.